The number of carbonyl (C=O) groups is 1. The Hall–Kier alpha value is -1.89. The van der Waals surface area contributed by atoms with Gasteiger partial charge in [-0.1, -0.05) is 36.0 Å². The topological polar surface area (TPSA) is 51.2 Å². The largest absolute Gasteiger partial charge is 0.374 e. The van der Waals surface area contributed by atoms with Crippen LogP contribution in [0.25, 0.3) is 0 Å². The van der Waals surface area contributed by atoms with Crippen molar-refractivity contribution >= 4 is 34.6 Å². The molecule has 4 rings (SSSR count). The van der Waals surface area contributed by atoms with Gasteiger partial charge < -0.3 is 10.1 Å². The van der Waals surface area contributed by atoms with Crippen LogP contribution in [0, 0.1) is 18.7 Å². The number of fused-ring (bicyclic) bond motifs is 1. The van der Waals surface area contributed by atoms with Gasteiger partial charge in [-0.25, -0.2) is 4.39 Å². The Morgan fingerprint density at radius 1 is 1.48 bits per heavy atom. The first kappa shape index (κ1) is 18.5. The summed E-state index contributed by atoms with van der Waals surface area (Å²) >= 11 is 11.4. The van der Waals surface area contributed by atoms with E-state index >= 15 is 0 Å². The fraction of sp³-hybridized carbons (Fsp3) is 0.350. The number of nitrogens with zero attached hydrogens (tertiary/aromatic N) is 1. The van der Waals surface area contributed by atoms with Crippen LogP contribution in [0.2, 0.25) is 5.02 Å². The van der Waals surface area contributed by atoms with Crippen LogP contribution in [0.3, 0.4) is 0 Å². The number of ketones is 1. The average molecular weight is 405 g/mol. The van der Waals surface area contributed by atoms with Gasteiger partial charge in [-0.2, -0.15) is 0 Å². The second-order valence-electron chi connectivity index (χ2n) is 7.19. The molecule has 2 fully saturated rings. The van der Waals surface area contributed by atoms with Crippen LogP contribution in [-0.4, -0.2) is 29.0 Å². The maximum Gasteiger partial charge on any atom is 0.187 e. The molecular formula is C20H18ClFN2O2S. The fourth-order valence-electron chi connectivity index (χ4n) is 3.69. The van der Waals surface area contributed by atoms with E-state index in [1.807, 2.05) is 6.92 Å². The molecule has 140 valence electrons. The van der Waals surface area contributed by atoms with E-state index in [9.17, 15) is 9.18 Å². The maximum absolute atomic E-state index is 14.6. The monoisotopic (exact) mass is 404 g/mol. The number of carbonyl (C=O) groups excluding carboxylic acids is 1. The molecule has 2 aliphatic rings. The van der Waals surface area contributed by atoms with Gasteiger partial charge in [0, 0.05) is 24.1 Å². The van der Waals surface area contributed by atoms with E-state index in [1.54, 1.807) is 24.4 Å². The Kier molecular flexibility index (Phi) is 4.74. The van der Waals surface area contributed by atoms with E-state index in [0.29, 0.717) is 34.4 Å². The van der Waals surface area contributed by atoms with Crippen LogP contribution < -0.4 is 5.32 Å². The predicted octanol–water partition coefficient (Wildman–Crippen LogP) is 3.77. The number of thiocarbonyl (C=S) groups is 1. The molecule has 27 heavy (non-hydrogen) atoms. The van der Waals surface area contributed by atoms with Gasteiger partial charge >= 0.3 is 0 Å². The molecule has 0 spiro atoms. The lowest BCUT2D eigenvalue weighted by molar-refractivity contribution is 0.0988. The van der Waals surface area contributed by atoms with Gasteiger partial charge in [0.15, 0.2) is 5.78 Å². The lowest BCUT2D eigenvalue weighted by Crippen LogP contribution is -2.36. The number of aryl methyl sites for hydroxylation is 1. The van der Waals surface area contributed by atoms with Gasteiger partial charge in [-0.3, -0.25) is 9.78 Å². The first-order valence-corrected chi connectivity index (χ1v) is 9.51. The van der Waals surface area contributed by atoms with Gasteiger partial charge in [0.2, 0.25) is 0 Å². The summed E-state index contributed by atoms with van der Waals surface area (Å²) in [6, 6.07) is 6.49. The van der Waals surface area contributed by atoms with Gasteiger partial charge in [-0.05, 0) is 36.6 Å². The Balaban J connectivity index is 1.61. The highest BCUT2D eigenvalue weighted by Gasteiger charge is 2.58. The van der Waals surface area contributed by atoms with Crippen LogP contribution >= 0.6 is 23.8 Å². The minimum Gasteiger partial charge on any atom is -0.374 e. The minimum atomic E-state index is -0.531. The quantitative estimate of drug-likeness (QED) is 0.621. The zero-order valence-electron chi connectivity index (χ0n) is 14.7. The van der Waals surface area contributed by atoms with Crippen LogP contribution in [0.15, 0.2) is 30.5 Å². The number of hydrogen-bond acceptors (Lipinski definition) is 4. The van der Waals surface area contributed by atoms with Crippen molar-refractivity contribution in [2.24, 2.45) is 5.92 Å². The van der Waals surface area contributed by atoms with E-state index < -0.39 is 5.54 Å². The molecule has 2 aromatic rings. The average Bonchev–Trinajstić information content (AvgIpc) is 3.31. The normalized spacial score (nSPS) is 24.0. The van der Waals surface area contributed by atoms with Gasteiger partial charge in [0.05, 0.1) is 23.8 Å². The molecule has 0 unspecified atom stereocenters. The predicted molar refractivity (Wildman–Crippen MR) is 105 cm³/mol. The van der Waals surface area contributed by atoms with Crippen LogP contribution in [0.4, 0.5) is 4.39 Å². The molecular weight excluding hydrogens is 387 g/mol. The Bertz CT molecular complexity index is 952. The molecule has 0 bridgehead atoms. The highest BCUT2D eigenvalue weighted by molar-refractivity contribution is 7.80. The van der Waals surface area contributed by atoms with Gasteiger partial charge in [0.25, 0.3) is 0 Å². The third-order valence-corrected chi connectivity index (χ3v) is 5.65. The Morgan fingerprint density at radius 3 is 3.07 bits per heavy atom. The van der Waals surface area contributed by atoms with Gasteiger partial charge in [0.1, 0.15) is 16.5 Å². The van der Waals surface area contributed by atoms with Gasteiger partial charge in [-0.15, -0.1) is 0 Å². The van der Waals surface area contributed by atoms with E-state index in [0.717, 1.165) is 12.0 Å². The molecule has 1 aromatic carbocycles. The summed E-state index contributed by atoms with van der Waals surface area (Å²) in [6.45, 7) is 2.75. The van der Waals surface area contributed by atoms with Crippen molar-refractivity contribution in [1.29, 1.82) is 0 Å². The number of ether oxygens (including phenoxy) is 1. The number of Topliss-reactive ketones (excluding diaryl/α,β-unsaturated/α-hetero) is 1. The third-order valence-electron chi connectivity index (χ3n) is 5.14. The molecule has 4 nitrogen and oxygen atoms in total. The highest BCUT2D eigenvalue weighted by Crippen LogP contribution is 2.53. The fourth-order valence-corrected chi connectivity index (χ4v) is 4.28. The van der Waals surface area contributed by atoms with Crippen molar-refractivity contribution < 1.29 is 13.9 Å². The maximum atomic E-state index is 14.6. The Labute approximate surface area is 167 Å². The molecule has 2 atom stereocenters. The summed E-state index contributed by atoms with van der Waals surface area (Å²) in [6.07, 6.45) is 2.47. The van der Waals surface area contributed by atoms with E-state index in [2.05, 4.69) is 10.3 Å². The van der Waals surface area contributed by atoms with Crippen molar-refractivity contribution in [3.63, 3.8) is 0 Å². The third kappa shape index (κ3) is 3.49. The molecule has 7 heteroatoms. The number of rotatable bonds is 4. The van der Waals surface area contributed by atoms with Crippen LogP contribution in [-0.2, 0) is 16.7 Å². The molecule has 1 aliphatic heterocycles. The number of aromatic nitrogens is 1. The summed E-state index contributed by atoms with van der Waals surface area (Å²) in [7, 11) is 0. The first-order chi connectivity index (χ1) is 12.9. The summed E-state index contributed by atoms with van der Waals surface area (Å²) in [5, 5.41) is 3.59. The van der Waals surface area contributed by atoms with E-state index in [4.69, 9.17) is 28.6 Å². The number of pyridine rings is 1. The summed E-state index contributed by atoms with van der Waals surface area (Å²) in [5.74, 6) is -0.334. The smallest absolute Gasteiger partial charge is 0.187 e. The number of nitrogens with one attached hydrogen (secondary N) is 1. The van der Waals surface area contributed by atoms with Crippen molar-refractivity contribution in [2.75, 3.05) is 13.2 Å². The number of benzene rings is 1. The van der Waals surface area contributed by atoms with Crippen molar-refractivity contribution in [3.8, 4) is 0 Å². The molecule has 1 saturated heterocycles. The number of hydrogen-bond donors (Lipinski definition) is 1. The second kappa shape index (κ2) is 6.93. The molecule has 1 aliphatic carbocycles. The zero-order chi connectivity index (χ0) is 19.2. The first-order valence-electron chi connectivity index (χ1n) is 8.72. The highest BCUT2D eigenvalue weighted by atomic mass is 35.5. The van der Waals surface area contributed by atoms with E-state index in [1.165, 1.54) is 6.07 Å². The van der Waals surface area contributed by atoms with Crippen molar-refractivity contribution in [1.82, 2.24) is 10.3 Å². The standard InChI is InChI=1S/C20H18ClFN2O2S/c1-11-4-15(21)19(23-8-11)17(25)6-12-2-3-16(22)14(5-12)20-7-13(20)9-26-10-18(27)24-20/h2-5,8,13H,6-7,9-10H2,1H3,(H,24,27)/t13-,20-/m0/s1. The van der Waals surface area contributed by atoms with Crippen LogP contribution in [0.5, 0.6) is 0 Å². The SMILES string of the molecule is Cc1cnc(C(=O)Cc2ccc(F)c([C@]34C[C@H]3COCC(=S)N4)c2)c(Cl)c1. The molecule has 2 heterocycles. The zero-order valence-corrected chi connectivity index (χ0v) is 16.3. The molecule has 1 saturated carbocycles. The van der Waals surface area contributed by atoms with Crippen molar-refractivity contribution in [2.45, 2.75) is 25.3 Å². The number of halogens is 2. The Morgan fingerprint density at radius 2 is 2.30 bits per heavy atom. The molecule has 1 N–H and O–H groups in total. The molecule has 0 amide bonds. The van der Waals surface area contributed by atoms with Crippen molar-refractivity contribution in [3.05, 3.63) is 63.7 Å². The molecule has 0 radical (unpaired) electrons. The van der Waals surface area contributed by atoms with E-state index in [-0.39, 0.29) is 29.6 Å². The summed E-state index contributed by atoms with van der Waals surface area (Å²) < 4.78 is 20.1. The summed E-state index contributed by atoms with van der Waals surface area (Å²) in [4.78, 5) is 17.3. The summed E-state index contributed by atoms with van der Waals surface area (Å²) in [5.41, 5.74) is 1.84. The molecule has 1 aromatic heterocycles. The second-order valence-corrected chi connectivity index (χ2v) is 8.09. The van der Waals surface area contributed by atoms with Crippen LogP contribution in [0.1, 0.15) is 33.6 Å². The lowest BCUT2D eigenvalue weighted by Gasteiger charge is -2.20. The lowest BCUT2D eigenvalue weighted by atomic mass is 9.96. The minimum absolute atomic E-state index is 0.102.